The zero-order valence-electron chi connectivity index (χ0n) is 24.2. The third-order valence-electron chi connectivity index (χ3n) is 9.34. The summed E-state index contributed by atoms with van der Waals surface area (Å²) in [4.78, 5) is 28.6. The van der Waals surface area contributed by atoms with Gasteiger partial charge in [-0.15, -0.1) is 0 Å². The molecule has 0 saturated carbocycles. The van der Waals surface area contributed by atoms with Gasteiger partial charge in [0, 0.05) is 42.2 Å². The zero-order valence-corrected chi connectivity index (χ0v) is 24.9. The Labute approximate surface area is 260 Å². The molecule has 1 amide bonds. The molecule has 1 N–H and O–H groups in total. The Morgan fingerprint density at radius 2 is 1.98 bits per heavy atom. The smallest absolute Gasteiger partial charge is 0.407 e. The fourth-order valence-electron chi connectivity index (χ4n) is 7.15. The van der Waals surface area contributed by atoms with Crippen molar-refractivity contribution in [3.05, 3.63) is 53.4 Å². The number of carbonyl (C=O) groups is 1. The Bertz CT molecular complexity index is 1830. The third kappa shape index (κ3) is 4.96. The number of amides is 1. The summed E-state index contributed by atoms with van der Waals surface area (Å²) in [5.74, 6) is -4.37. The van der Waals surface area contributed by atoms with Gasteiger partial charge in [-0.25, -0.2) is 22.4 Å². The second-order valence-electron chi connectivity index (χ2n) is 12.1. The van der Waals surface area contributed by atoms with Crippen molar-refractivity contribution in [2.45, 2.75) is 42.9 Å². The highest BCUT2D eigenvalue weighted by Gasteiger charge is 2.53. The van der Waals surface area contributed by atoms with Crippen LogP contribution >= 0.6 is 11.6 Å². The van der Waals surface area contributed by atoms with Gasteiger partial charge in [0.05, 0.1) is 24.0 Å². The van der Waals surface area contributed by atoms with E-state index in [0.29, 0.717) is 33.8 Å². The summed E-state index contributed by atoms with van der Waals surface area (Å²) in [7, 11) is 1.34. The number of ether oxygens (including phenoxy) is 1. The van der Waals surface area contributed by atoms with Crippen molar-refractivity contribution in [3.63, 3.8) is 0 Å². The topological polar surface area (TPSA) is 94.9 Å². The zero-order chi connectivity index (χ0) is 31.7. The molecule has 2 aromatic carbocycles. The molecule has 3 aliphatic rings. The number of aromatic nitrogens is 3. The van der Waals surface area contributed by atoms with Crippen molar-refractivity contribution >= 4 is 45.2 Å². The van der Waals surface area contributed by atoms with Crippen LogP contribution in [-0.4, -0.2) is 99.5 Å². The Morgan fingerprint density at radius 3 is 2.73 bits per heavy atom. The van der Waals surface area contributed by atoms with Gasteiger partial charge < -0.3 is 14.7 Å². The van der Waals surface area contributed by atoms with Gasteiger partial charge in [-0.3, -0.25) is 14.8 Å². The number of hydrogen-bond acceptors (Lipinski definition) is 7. The molecule has 3 saturated heterocycles. The van der Waals surface area contributed by atoms with Gasteiger partial charge in [-0.05, 0) is 30.8 Å². The van der Waals surface area contributed by atoms with E-state index in [1.54, 1.807) is 24.3 Å². The predicted molar refractivity (Wildman–Crippen MR) is 161 cm³/mol. The van der Waals surface area contributed by atoms with Crippen molar-refractivity contribution in [3.8, 4) is 17.3 Å². The molecule has 0 spiro atoms. The summed E-state index contributed by atoms with van der Waals surface area (Å²) in [5.41, 5.74) is -0.429. The van der Waals surface area contributed by atoms with Crippen LogP contribution in [0, 0.1) is 5.82 Å². The summed E-state index contributed by atoms with van der Waals surface area (Å²) in [5, 5.41) is 11.2. The van der Waals surface area contributed by atoms with E-state index in [0.717, 1.165) is 23.3 Å². The lowest BCUT2D eigenvalue weighted by molar-refractivity contribution is -0.00119. The van der Waals surface area contributed by atoms with Crippen LogP contribution in [-0.2, 0) is 0 Å². The highest BCUT2D eigenvalue weighted by molar-refractivity contribution is 6.36. The first-order valence-electron chi connectivity index (χ1n) is 14.6. The second kappa shape index (κ2) is 10.8. The largest absolute Gasteiger partial charge is 0.465 e. The van der Waals surface area contributed by atoms with Crippen molar-refractivity contribution in [1.82, 2.24) is 24.8 Å². The van der Waals surface area contributed by atoms with Crippen LogP contribution in [0.2, 0.25) is 5.02 Å². The Hall–Kier alpha value is -3.97. The summed E-state index contributed by atoms with van der Waals surface area (Å²) < 4.78 is 67.4. The number of alkyl halides is 3. The maximum absolute atomic E-state index is 16.6. The number of halogens is 5. The molecular formula is C31H29ClF4N6O3. The number of pyridine rings is 1. The van der Waals surface area contributed by atoms with Crippen LogP contribution < -0.4 is 9.64 Å². The van der Waals surface area contributed by atoms with Gasteiger partial charge in [0.25, 0.3) is 5.92 Å². The van der Waals surface area contributed by atoms with E-state index in [9.17, 15) is 14.3 Å². The number of likely N-dealkylation sites (N-methyl/N-ethyl adjacent to an activating group) is 1. The van der Waals surface area contributed by atoms with Crippen LogP contribution in [0.25, 0.3) is 32.9 Å². The molecule has 236 valence electrons. The van der Waals surface area contributed by atoms with Crippen LogP contribution in [0.5, 0.6) is 6.01 Å². The molecule has 14 heteroatoms. The minimum absolute atomic E-state index is 0.0346. The van der Waals surface area contributed by atoms with Crippen molar-refractivity contribution in [2.75, 3.05) is 44.7 Å². The molecule has 0 bridgehead atoms. The number of carboxylic acid groups (broad SMARTS) is 1. The molecule has 2 aromatic heterocycles. The molecule has 0 radical (unpaired) electrons. The van der Waals surface area contributed by atoms with E-state index in [4.69, 9.17) is 16.3 Å². The van der Waals surface area contributed by atoms with E-state index in [1.165, 1.54) is 13.2 Å². The Balaban J connectivity index is 1.35. The van der Waals surface area contributed by atoms with E-state index >= 15 is 13.2 Å². The molecule has 3 aliphatic heterocycles. The summed E-state index contributed by atoms with van der Waals surface area (Å²) >= 11 is 6.52. The van der Waals surface area contributed by atoms with Gasteiger partial charge in [-0.2, -0.15) is 9.97 Å². The van der Waals surface area contributed by atoms with Gasteiger partial charge in [0.1, 0.15) is 35.8 Å². The molecule has 3 atom stereocenters. The number of likely N-dealkylation sites (tertiary alicyclic amines) is 1. The van der Waals surface area contributed by atoms with Crippen LogP contribution in [0.15, 0.2) is 42.6 Å². The number of hydrogen-bond donors (Lipinski definition) is 1. The lowest BCUT2D eigenvalue weighted by Gasteiger charge is -2.32. The molecule has 4 aromatic rings. The van der Waals surface area contributed by atoms with Gasteiger partial charge in [0.2, 0.25) is 0 Å². The molecule has 5 heterocycles. The average Bonchev–Trinajstić information content (AvgIpc) is 3.64. The summed E-state index contributed by atoms with van der Waals surface area (Å²) in [6.07, 6.45) is 0.679. The van der Waals surface area contributed by atoms with Crippen molar-refractivity contribution in [2.24, 2.45) is 0 Å². The summed E-state index contributed by atoms with van der Waals surface area (Å²) in [6.45, 7) is -0.439. The first kappa shape index (κ1) is 29.7. The lowest BCUT2D eigenvalue weighted by atomic mass is 9.95. The first-order chi connectivity index (χ1) is 21.5. The van der Waals surface area contributed by atoms with Crippen LogP contribution in [0.4, 0.5) is 28.2 Å². The van der Waals surface area contributed by atoms with E-state index in [-0.39, 0.29) is 41.5 Å². The second-order valence-corrected chi connectivity index (χ2v) is 12.5. The molecule has 9 nitrogen and oxygen atoms in total. The monoisotopic (exact) mass is 644 g/mol. The van der Waals surface area contributed by atoms with E-state index < -0.39 is 48.7 Å². The first-order valence-corrected chi connectivity index (χ1v) is 15.0. The van der Waals surface area contributed by atoms with Crippen molar-refractivity contribution in [1.29, 1.82) is 0 Å². The highest BCUT2D eigenvalue weighted by atomic mass is 35.5. The quantitative estimate of drug-likeness (QED) is 0.255. The van der Waals surface area contributed by atoms with Gasteiger partial charge in [0.15, 0.2) is 5.82 Å². The van der Waals surface area contributed by atoms with Crippen LogP contribution in [0.3, 0.4) is 0 Å². The van der Waals surface area contributed by atoms with Crippen LogP contribution in [0.1, 0.15) is 19.3 Å². The number of rotatable bonds is 6. The van der Waals surface area contributed by atoms with Gasteiger partial charge in [-0.1, -0.05) is 41.9 Å². The minimum Gasteiger partial charge on any atom is -0.465 e. The SMILES string of the molecule is CN(c1nc(OC[C@@]23CCCN2C[C@H](F)C3)nc2c(F)c(-c3cccc4cccc(Cl)c34)ncc12)[C@@H]1CN(C(=O)O)CC1(F)F. The Kier molecular flexibility index (Phi) is 7.16. The minimum atomic E-state index is -3.43. The number of benzene rings is 2. The number of nitrogens with zero attached hydrogens (tertiary/aromatic N) is 6. The number of anilines is 1. The summed E-state index contributed by atoms with van der Waals surface area (Å²) in [6, 6.07) is 8.69. The standard InChI is InChI=1S/C31H29ClF4N6O3/c1-40(22-14-41(29(43)44)15-31(22,35)36)27-20-12-37-25(19-7-2-5-17-6-3-8-21(32)23(17)19)24(34)26(20)38-28(39-27)45-16-30-9-4-10-42(30)13-18(33)11-30/h2-3,5-8,12,18,22H,4,9-11,13-16H2,1H3,(H,43,44)/t18-,22-,30+/m1/s1. The molecule has 7 rings (SSSR count). The molecule has 45 heavy (non-hydrogen) atoms. The normalized spacial score (nSPS) is 24.4. The van der Waals surface area contributed by atoms with E-state index in [2.05, 4.69) is 15.0 Å². The Morgan fingerprint density at radius 1 is 1.20 bits per heavy atom. The van der Waals surface area contributed by atoms with E-state index in [1.807, 2.05) is 17.0 Å². The maximum Gasteiger partial charge on any atom is 0.407 e. The maximum atomic E-state index is 16.6. The predicted octanol–water partition coefficient (Wildman–Crippen LogP) is 6.03. The molecule has 3 fully saturated rings. The average molecular weight is 645 g/mol. The number of fused-ring (bicyclic) bond motifs is 3. The third-order valence-corrected chi connectivity index (χ3v) is 9.65. The molecule has 0 unspecified atom stereocenters. The fraction of sp³-hybridized carbons (Fsp3) is 0.419. The fourth-order valence-corrected chi connectivity index (χ4v) is 7.43. The van der Waals surface area contributed by atoms with Gasteiger partial charge >= 0.3 is 12.1 Å². The highest BCUT2D eigenvalue weighted by Crippen LogP contribution is 2.42. The van der Waals surface area contributed by atoms with Crippen molar-refractivity contribution < 1.29 is 32.2 Å². The molecule has 0 aliphatic carbocycles. The lowest BCUT2D eigenvalue weighted by Crippen LogP contribution is -2.46. The molecular weight excluding hydrogens is 616 g/mol.